The lowest BCUT2D eigenvalue weighted by atomic mass is 10.1. The number of benzene rings is 1. The number of hydrogen-bond acceptors (Lipinski definition) is 7. The van der Waals surface area contributed by atoms with E-state index < -0.39 is 12.5 Å². The zero-order valence-corrected chi connectivity index (χ0v) is 22.0. The molecule has 2 fully saturated rings. The summed E-state index contributed by atoms with van der Waals surface area (Å²) in [5.74, 6) is -0.0563. The number of aromatic nitrogens is 5. The van der Waals surface area contributed by atoms with E-state index in [1.54, 1.807) is 23.7 Å². The first-order valence-electron chi connectivity index (χ1n) is 12.2. The van der Waals surface area contributed by atoms with Gasteiger partial charge in [-0.25, -0.2) is 13.8 Å². The van der Waals surface area contributed by atoms with Crippen LogP contribution in [0, 0.1) is 5.82 Å². The van der Waals surface area contributed by atoms with Crippen LogP contribution in [0.25, 0.3) is 21.6 Å². The fourth-order valence-electron chi connectivity index (χ4n) is 4.76. The average Bonchev–Trinajstić information content (AvgIpc) is 3.50. The number of alkyl halides is 1. The van der Waals surface area contributed by atoms with Gasteiger partial charge in [-0.2, -0.15) is 10.1 Å². The smallest absolute Gasteiger partial charge is 0.228 e. The Labute approximate surface area is 221 Å². The van der Waals surface area contributed by atoms with Crippen molar-refractivity contribution in [3.8, 4) is 11.3 Å². The van der Waals surface area contributed by atoms with Gasteiger partial charge in [-0.1, -0.05) is 22.9 Å². The van der Waals surface area contributed by atoms with E-state index in [2.05, 4.69) is 16.3 Å². The molecule has 0 bridgehead atoms. The van der Waals surface area contributed by atoms with Crippen molar-refractivity contribution in [2.45, 2.75) is 44.6 Å². The zero-order valence-electron chi connectivity index (χ0n) is 20.4. The second kappa shape index (κ2) is 9.77. The van der Waals surface area contributed by atoms with Crippen LogP contribution >= 0.6 is 22.9 Å². The van der Waals surface area contributed by atoms with Crippen LogP contribution in [0.5, 0.6) is 0 Å². The lowest BCUT2D eigenvalue weighted by Gasteiger charge is -2.36. The molecular weight excluding hydrogens is 520 g/mol. The lowest BCUT2D eigenvalue weighted by Crippen LogP contribution is -2.43. The van der Waals surface area contributed by atoms with Crippen LogP contribution in [0.1, 0.15) is 37.5 Å². The molecule has 1 aromatic carbocycles. The van der Waals surface area contributed by atoms with Crippen molar-refractivity contribution in [2.24, 2.45) is 4.99 Å². The van der Waals surface area contributed by atoms with E-state index in [4.69, 9.17) is 26.3 Å². The minimum absolute atomic E-state index is 0.0914. The van der Waals surface area contributed by atoms with Gasteiger partial charge in [-0.05, 0) is 38.0 Å². The Bertz CT molecular complexity index is 1530. The van der Waals surface area contributed by atoms with E-state index in [9.17, 15) is 4.39 Å². The fraction of sp³-hybridized carbons (Fsp3) is 0.440. The SMILES string of the molecule is CN=c1sc2c(-c3ccc(Cl)cc3F)nc(N3C[C@H](C)O[C@@H](c4cnn(C5CC5)c4)C3)nc2n1CCF. The van der Waals surface area contributed by atoms with Crippen molar-refractivity contribution in [3.63, 3.8) is 0 Å². The molecule has 2 aliphatic rings. The van der Waals surface area contributed by atoms with Crippen molar-refractivity contribution in [1.29, 1.82) is 0 Å². The normalized spacial score (nSPS) is 20.8. The standard InChI is InChI=1S/C25H26ClF2N7OS/c1-14-11-33(13-20(36-14)15-10-30-35(12-15)17-4-5-17)24-31-21(18-6-3-16(26)9-19(18)28)22-23(32-24)34(8-7-27)25(29-2)37-22/h3,6,9-10,12,14,17,20H,4-5,7-8,11,13H2,1-2H3/t14-,20+/m0/s1. The fourth-order valence-corrected chi connectivity index (χ4v) is 5.98. The van der Waals surface area contributed by atoms with E-state index in [1.165, 1.54) is 17.4 Å². The molecule has 2 atom stereocenters. The topological polar surface area (TPSA) is 73.4 Å². The molecule has 12 heteroatoms. The third-order valence-corrected chi connectivity index (χ3v) is 8.06. The van der Waals surface area contributed by atoms with Gasteiger partial charge in [0, 0.05) is 35.9 Å². The quantitative estimate of drug-likeness (QED) is 0.343. The van der Waals surface area contributed by atoms with Crippen molar-refractivity contribution < 1.29 is 13.5 Å². The monoisotopic (exact) mass is 545 g/mol. The van der Waals surface area contributed by atoms with Gasteiger partial charge in [0.25, 0.3) is 0 Å². The average molecular weight is 546 g/mol. The van der Waals surface area contributed by atoms with Crippen molar-refractivity contribution in [1.82, 2.24) is 24.3 Å². The van der Waals surface area contributed by atoms with Crippen molar-refractivity contribution >= 4 is 39.2 Å². The number of aryl methyl sites for hydroxylation is 1. The third-order valence-electron chi connectivity index (χ3n) is 6.66. The minimum atomic E-state index is -0.579. The molecule has 194 valence electrons. The van der Waals surface area contributed by atoms with Crippen LogP contribution in [0.4, 0.5) is 14.7 Å². The van der Waals surface area contributed by atoms with Crippen LogP contribution < -0.4 is 9.70 Å². The summed E-state index contributed by atoms with van der Waals surface area (Å²) in [6.07, 6.45) is 5.91. The number of morpholine rings is 1. The molecule has 1 aliphatic carbocycles. The maximum Gasteiger partial charge on any atom is 0.228 e. The first-order valence-corrected chi connectivity index (χ1v) is 13.4. The van der Waals surface area contributed by atoms with Gasteiger partial charge in [-0.3, -0.25) is 14.2 Å². The Morgan fingerprint density at radius 3 is 2.81 bits per heavy atom. The summed E-state index contributed by atoms with van der Waals surface area (Å²) in [4.78, 5) is 16.7. The second-order valence-corrected chi connectivity index (χ2v) is 10.8. The summed E-state index contributed by atoms with van der Waals surface area (Å²) in [6.45, 7) is 2.58. The van der Waals surface area contributed by atoms with Crippen molar-refractivity contribution in [3.05, 3.63) is 51.8 Å². The van der Waals surface area contributed by atoms with Gasteiger partial charge in [-0.15, -0.1) is 0 Å². The number of rotatable bonds is 6. The first-order chi connectivity index (χ1) is 17.9. The van der Waals surface area contributed by atoms with Crippen LogP contribution in [-0.2, 0) is 11.3 Å². The second-order valence-electron chi connectivity index (χ2n) is 9.42. The van der Waals surface area contributed by atoms with E-state index in [0.717, 1.165) is 18.4 Å². The van der Waals surface area contributed by atoms with Gasteiger partial charge in [0.05, 0.1) is 37.1 Å². The molecule has 4 heterocycles. The molecule has 0 amide bonds. The highest BCUT2D eigenvalue weighted by atomic mass is 35.5. The van der Waals surface area contributed by atoms with Gasteiger partial charge >= 0.3 is 0 Å². The molecule has 1 saturated carbocycles. The van der Waals surface area contributed by atoms with Gasteiger partial charge in [0.15, 0.2) is 10.4 Å². The summed E-state index contributed by atoms with van der Waals surface area (Å²) >= 11 is 7.34. The molecule has 8 nitrogen and oxygen atoms in total. The Morgan fingerprint density at radius 1 is 1.24 bits per heavy atom. The number of halogens is 3. The Morgan fingerprint density at radius 2 is 2.08 bits per heavy atom. The molecule has 1 aliphatic heterocycles. The van der Waals surface area contributed by atoms with Crippen molar-refractivity contribution in [2.75, 3.05) is 31.7 Å². The summed E-state index contributed by atoms with van der Waals surface area (Å²) < 4.78 is 39.3. The molecule has 37 heavy (non-hydrogen) atoms. The zero-order chi connectivity index (χ0) is 25.7. The van der Waals surface area contributed by atoms with Gasteiger partial charge in [0.1, 0.15) is 23.3 Å². The van der Waals surface area contributed by atoms with Gasteiger partial charge in [0.2, 0.25) is 5.95 Å². The van der Waals surface area contributed by atoms with Gasteiger partial charge < -0.3 is 9.64 Å². The molecule has 0 radical (unpaired) electrons. The number of ether oxygens (including phenoxy) is 1. The minimum Gasteiger partial charge on any atom is -0.367 e. The Hall–Kier alpha value is -2.89. The molecule has 3 aromatic heterocycles. The Kier molecular flexibility index (Phi) is 6.46. The highest BCUT2D eigenvalue weighted by Gasteiger charge is 2.32. The van der Waals surface area contributed by atoms with Crippen LogP contribution in [0.3, 0.4) is 0 Å². The van der Waals surface area contributed by atoms with Crippen LogP contribution in [0.2, 0.25) is 5.02 Å². The Balaban J connectivity index is 1.47. The summed E-state index contributed by atoms with van der Waals surface area (Å²) in [6, 6.07) is 4.99. The van der Waals surface area contributed by atoms with Crippen LogP contribution in [0.15, 0.2) is 35.6 Å². The summed E-state index contributed by atoms with van der Waals surface area (Å²) in [5.41, 5.74) is 2.26. The molecule has 1 saturated heterocycles. The number of nitrogens with zero attached hydrogens (tertiary/aromatic N) is 7. The van der Waals surface area contributed by atoms with E-state index in [0.29, 0.717) is 56.5 Å². The summed E-state index contributed by atoms with van der Waals surface area (Å²) in [7, 11) is 1.65. The lowest BCUT2D eigenvalue weighted by molar-refractivity contribution is -0.0178. The van der Waals surface area contributed by atoms with E-state index in [-0.39, 0.29) is 18.8 Å². The maximum absolute atomic E-state index is 15.1. The molecule has 0 N–H and O–H groups in total. The third kappa shape index (κ3) is 4.64. The molecule has 6 rings (SSSR count). The van der Waals surface area contributed by atoms with E-state index >= 15 is 4.39 Å². The molecular formula is C25H26ClF2N7OS. The largest absolute Gasteiger partial charge is 0.367 e. The van der Waals surface area contributed by atoms with Crippen LogP contribution in [-0.4, -0.2) is 57.2 Å². The highest BCUT2D eigenvalue weighted by Crippen LogP contribution is 2.37. The first kappa shape index (κ1) is 24.4. The molecule has 0 unspecified atom stereocenters. The molecule has 4 aromatic rings. The number of hydrogen-bond donors (Lipinski definition) is 0. The number of anilines is 1. The number of fused-ring (bicyclic) bond motifs is 1. The predicted molar refractivity (Wildman–Crippen MR) is 139 cm³/mol. The number of thiazole rings is 1. The summed E-state index contributed by atoms with van der Waals surface area (Å²) in [5, 5.41) is 4.82. The molecule has 0 spiro atoms. The maximum atomic E-state index is 15.1. The predicted octanol–water partition coefficient (Wildman–Crippen LogP) is 4.95. The van der Waals surface area contributed by atoms with E-state index in [1.807, 2.05) is 22.7 Å². The highest BCUT2D eigenvalue weighted by molar-refractivity contribution is 7.16.